The van der Waals surface area contributed by atoms with E-state index < -0.39 is 21.7 Å². The molecule has 1 amide bonds. The molecule has 0 aliphatic carbocycles. The van der Waals surface area contributed by atoms with Crippen LogP contribution in [0.25, 0.3) is 0 Å². The SMILES string of the molecule is Cc1cc(C)c(C)c(S(=O)(=O)N(CC(=O)NCCc2ccc(Cl)cc2)Cc2ccc(F)cc2)c1C. The van der Waals surface area contributed by atoms with Gasteiger partial charge in [-0.3, -0.25) is 4.79 Å². The van der Waals surface area contributed by atoms with Crippen molar-refractivity contribution in [3.8, 4) is 0 Å². The molecule has 0 unspecified atom stereocenters. The van der Waals surface area contributed by atoms with Crippen LogP contribution in [0.2, 0.25) is 5.02 Å². The normalized spacial score (nSPS) is 11.6. The largest absolute Gasteiger partial charge is 0.355 e. The van der Waals surface area contributed by atoms with Gasteiger partial charge in [0.25, 0.3) is 0 Å². The quantitative estimate of drug-likeness (QED) is 0.421. The van der Waals surface area contributed by atoms with Crippen LogP contribution in [0.5, 0.6) is 0 Å². The van der Waals surface area contributed by atoms with Gasteiger partial charge in [0.2, 0.25) is 15.9 Å². The van der Waals surface area contributed by atoms with Crippen molar-refractivity contribution in [2.24, 2.45) is 0 Å². The van der Waals surface area contributed by atoms with Crippen LogP contribution in [0.15, 0.2) is 59.5 Å². The van der Waals surface area contributed by atoms with E-state index in [0.717, 1.165) is 21.0 Å². The zero-order valence-corrected chi connectivity index (χ0v) is 21.9. The third-order valence-electron chi connectivity index (χ3n) is 6.14. The Kier molecular flexibility index (Phi) is 8.70. The van der Waals surface area contributed by atoms with Crippen molar-refractivity contribution in [3.05, 3.63) is 98.8 Å². The molecule has 0 fully saturated rings. The summed E-state index contributed by atoms with van der Waals surface area (Å²) < 4.78 is 42.3. The number of nitrogens with zero attached hydrogens (tertiary/aromatic N) is 1. The fourth-order valence-corrected chi connectivity index (χ4v) is 6.02. The zero-order chi connectivity index (χ0) is 25.8. The molecule has 0 heterocycles. The van der Waals surface area contributed by atoms with Gasteiger partial charge >= 0.3 is 0 Å². The van der Waals surface area contributed by atoms with Crippen molar-refractivity contribution < 1.29 is 17.6 Å². The van der Waals surface area contributed by atoms with E-state index in [-0.39, 0.29) is 18.0 Å². The number of rotatable bonds is 9. The van der Waals surface area contributed by atoms with Crippen molar-refractivity contribution in [1.29, 1.82) is 0 Å². The maximum Gasteiger partial charge on any atom is 0.244 e. The molecule has 0 saturated heterocycles. The third-order valence-corrected chi connectivity index (χ3v) is 8.45. The smallest absolute Gasteiger partial charge is 0.244 e. The van der Waals surface area contributed by atoms with Crippen LogP contribution in [0.3, 0.4) is 0 Å². The first-order valence-corrected chi connectivity index (χ1v) is 13.1. The van der Waals surface area contributed by atoms with Crippen LogP contribution < -0.4 is 5.32 Å². The number of carbonyl (C=O) groups excluding carboxylic acids is 1. The Hall–Kier alpha value is -2.74. The number of sulfonamides is 1. The number of hydrogen-bond acceptors (Lipinski definition) is 3. The summed E-state index contributed by atoms with van der Waals surface area (Å²) in [4.78, 5) is 13.0. The van der Waals surface area contributed by atoms with Gasteiger partial charge in [0.15, 0.2) is 0 Å². The molecule has 3 aromatic rings. The van der Waals surface area contributed by atoms with Gasteiger partial charge in [-0.15, -0.1) is 0 Å². The Bertz CT molecular complexity index is 1280. The minimum atomic E-state index is -4.03. The Morgan fingerprint density at radius 2 is 1.46 bits per heavy atom. The highest BCUT2D eigenvalue weighted by Crippen LogP contribution is 2.29. The molecule has 1 N–H and O–H groups in total. The summed E-state index contributed by atoms with van der Waals surface area (Å²) in [7, 11) is -4.03. The number of aryl methyl sites for hydroxylation is 2. The molecule has 0 spiro atoms. The molecule has 8 heteroatoms. The van der Waals surface area contributed by atoms with Gasteiger partial charge in [-0.1, -0.05) is 41.9 Å². The highest BCUT2D eigenvalue weighted by molar-refractivity contribution is 7.89. The van der Waals surface area contributed by atoms with E-state index >= 15 is 0 Å². The first-order valence-electron chi connectivity index (χ1n) is 11.3. The molecule has 0 bridgehead atoms. The number of amides is 1. The highest BCUT2D eigenvalue weighted by Gasteiger charge is 2.31. The van der Waals surface area contributed by atoms with Crippen molar-refractivity contribution in [1.82, 2.24) is 9.62 Å². The molecule has 0 aromatic heterocycles. The minimum absolute atomic E-state index is 0.0565. The Morgan fingerprint density at radius 1 is 0.914 bits per heavy atom. The van der Waals surface area contributed by atoms with Crippen LogP contribution in [0.4, 0.5) is 4.39 Å². The molecule has 186 valence electrons. The predicted molar refractivity (Wildman–Crippen MR) is 138 cm³/mol. The molecule has 0 radical (unpaired) electrons. The van der Waals surface area contributed by atoms with Crippen LogP contribution in [0.1, 0.15) is 33.4 Å². The minimum Gasteiger partial charge on any atom is -0.355 e. The maximum absolute atomic E-state index is 13.9. The lowest BCUT2D eigenvalue weighted by Crippen LogP contribution is -2.41. The summed E-state index contributed by atoms with van der Waals surface area (Å²) in [5.74, 6) is -0.826. The van der Waals surface area contributed by atoms with Gasteiger partial charge < -0.3 is 5.32 Å². The van der Waals surface area contributed by atoms with Crippen molar-refractivity contribution in [2.45, 2.75) is 45.6 Å². The second-order valence-electron chi connectivity index (χ2n) is 8.72. The lowest BCUT2D eigenvalue weighted by atomic mass is 10.0. The molecule has 0 aliphatic rings. The summed E-state index contributed by atoms with van der Waals surface area (Å²) >= 11 is 5.91. The summed E-state index contributed by atoms with van der Waals surface area (Å²) in [6.07, 6.45) is 0.586. The first-order chi connectivity index (χ1) is 16.5. The number of halogens is 2. The molecule has 35 heavy (non-hydrogen) atoms. The van der Waals surface area contributed by atoms with E-state index in [0.29, 0.717) is 34.7 Å². The summed E-state index contributed by atoms with van der Waals surface area (Å²) in [6.45, 7) is 7.23. The zero-order valence-electron chi connectivity index (χ0n) is 20.4. The first kappa shape index (κ1) is 26.9. The lowest BCUT2D eigenvalue weighted by Gasteiger charge is -2.25. The second kappa shape index (κ2) is 11.3. The van der Waals surface area contributed by atoms with Gasteiger partial charge in [0, 0.05) is 18.1 Å². The number of benzene rings is 3. The summed E-state index contributed by atoms with van der Waals surface area (Å²) in [5.41, 5.74) is 4.62. The van der Waals surface area contributed by atoms with E-state index in [9.17, 15) is 17.6 Å². The van der Waals surface area contributed by atoms with Crippen LogP contribution in [0, 0.1) is 33.5 Å². The molecule has 3 rings (SSSR count). The number of carbonyl (C=O) groups is 1. The fraction of sp³-hybridized carbons (Fsp3) is 0.296. The Morgan fingerprint density at radius 3 is 2.03 bits per heavy atom. The van der Waals surface area contributed by atoms with Crippen molar-refractivity contribution in [2.75, 3.05) is 13.1 Å². The molecule has 3 aromatic carbocycles. The number of hydrogen-bond donors (Lipinski definition) is 1. The summed E-state index contributed by atoms with van der Waals surface area (Å²) in [5, 5.41) is 3.44. The van der Waals surface area contributed by atoms with Gasteiger partial charge in [0.1, 0.15) is 5.82 Å². The van der Waals surface area contributed by atoms with E-state index in [2.05, 4.69) is 5.32 Å². The molecular formula is C27H30ClFN2O3S. The topological polar surface area (TPSA) is 66.5 Å². The molecule has 0 aliphatic heterocycles. The van der Waals surface area contributed by atoms with Crippen molar-refractivity contribution >= 4 is 27.5 Å². The number of nitrogens with one attached hydrogen (secondary N) is 1. The monoisotopic (exact) mass is 516 g/mol. The summed E-state index contributed by atoms with van der Waals surface area (Å²) in [6, 6.07) is 14.9. The average Bonchev–Trinajstić information content (AvgIpc) is 2.80. The van der Waals surface area contributed by atoms with E-state index in [4.69, 9.17) is 11.6 Å². The fourth-order valence-electron chi connectivity index (χ4n) is 3.93. The molecule has 5 nitrogen and oxygen atoms in total. The van der Waals surface area contributed by atoms with Crippen LogP contribution in [-0.4, -0.2) is 31.7 Å². The van der Waals surface area contributed by atoms with Gasteiger partial charge in [-0.25, -0.2) is 12.8 Å². The van der Waals surface area contributed by atoms with Crippen molar-refractivity contribution in [3.63, 3.8) is 0 Å². The van der Waals surface area contributed by atoms with E-state index in [1.165, 1.54) is 24.3 Å². The Balaban J connectivity index is 1.85. The van der Waals surface area contributed by atoms with Crippen LogP contribution >= 0.6 is 11.6 Å². The molecule has 0 atom stereocenters. The predicted octanol–water partition coefficient (Wildman–Crippen LogP) is 5.26. The molecule has 0 saturated carbocycles. The second-order valence-corrected chi connectivity index (χ2v) is 11.0. The van der Waals surface area contributed by atoms with E-state index in [1.54, 1.807) is 26.0 Å². The van der Waals surface area contributed by atoms with Gasteiger partial charge in [-0.05, 0) is 91.8 Å². The van der Waals surface area contributed by atoms with Crippen LogP contribution in [-0.2, 0) is 27.8 Å². The standard InChI is InChI=1S/C27H30ClFN2O3S/c1-18-15-19(2)21(4)27(20(18)3)35(33,34)31(16-23-7-11-25(29)12-8-23)17-26(32)30-14-13-22-5-9-24(28)10-6-22/h5-12,15H,13-14,16-17H2,1-4H3,(H,30,32). The van der Waals surface area contributed by atoms with E-state index in [1.807, 2.05) is 32.0 Å². The van der Waals surface area contributed by atoms with Gasteiger partial charge in [0.05, 0.1) is 11.4 Å². The average molecular weight is 517 g/mol. The van der Waals surface area contributed by atoms with Gasteiger partial charge in [-0.2, -0.15) is 4.31 Å². The lowest BCUT2D eigenvalue weighted by molar-refractivity contribution is -0.121. The Labute approximate surface area is 212 Å². The highest BCUT2D eigenvalue weighted by atomic mass is 35.5. The maximum atomic E-state index is 13.9. The third kappa shape index (κ3) is 6.69. The molecular weight excluding hydrogens is 487 g/mol.